The van der Waals surface area contributed by atoms with E-state index in [1.807, 2.05) is 0 Å². The van der Waals surface area contributed by atoms with Crippen LogP contribution < -0.4 is 10.5 Å². The zero-order chi connectivity index (χ0) is 17.7. The number of sulfonamides is 1. The number of nitrogens with zero attached hydrogens (tertiary/aromatic N) is 1. The van der Waals surface area contributed by atoms with Crippen LogP contribution in [0.4, 0.5) is 0 Å². The number of likely N-dealkylation sites (N-methyl/N-ethyl adjacent to an activating group) is 1. The van der Waals surface area contributed by atoms with Gasteiger partial charge in [-0.15, -0.1) is 0 Å². The summed E-state index contributed by atoms with van der Waals surface area (Å²) < 4.78 is 22.4. The molecule has 1 aromatic carbocycles. The molecule has 1 saturated carbocycles. The molecule has 0 spiro atoms. The fourth-order valence-electron chi connectivity index (χ4n) is 2.85. The average molecular weight is 353 g/mol. The molecule has 0 aliphatic heterocycles. The summed E-state index contributed by atoms with van der Waals surface area (Å²) >= 11 is 0. The van der Waals surface area contributed by atoms with Crippen molar-refractivity contribution in [3.8, 4) is 0 Å². The fraction of sp³-hybridized carbons (Fsp3) is 0.500. The number of hydrogen-bond acceptors (Lipinski definition) is 4. The van der Waals surface area contributed by atoms with Crippen LogP contribution in [0.5, 0.6) is 0 Å². The molecular weight excluding hydrogens is 330 g/mol. The first kappa shape index (κ1) is 18.4. The molecule has 0 unspecified atom stereocenters. The van der Waals surface area contributed by atoms with E-state index in [0.717, 1.165) is 25.7 Å². The molecule has 1 fully saturated rings. The molecule has 1 aliphatic rings. The van der Waals surface area contributed by atoms with Crippen LogP contribution in [0.15, 0.2) is 29.2 Å². The van der Waals surface area contributed by atoms with E-state index in [2.05, 4.69) is 5.32 Å². The molecule has 0 atom stereocenters. The van der Waals surface area contributed by atoms with Gasteiger partial charge in [0.05, 0.1) is 4.90 Å². The summed E-state index contributed by atoms with van der Waals surface area (Å²) in [5, 5.41) is 7.59. The summed E-state index contributed by atoms with van der Waals surface area (Å²) in [5.74, 6) is -1.19. The third-order valence-electron chi connectivity index (χ3n) is 4.34. The minimum atomic E-state index is -3.74. The molecule has 2 amide bonds. The highest BCUT2D eigenvalue weighted by Crippen LogP contribution is 2.21. The normalized spacial score (nSPS) is 15.8. The quantitative estimate of drug-likeness (QED) is 0.778. The Balaban J connectivity index is 1.89. The van der Waals surface area contributed by atoms with Gasteiger partial charge in [-0.2, -0.15) is 0 Å². The molecule has 1 aliphatic carbocycles. The van der Waals surface area contributed by atoms with Crippen molar-refractivity contribution in [2.24, 2.45) is 5.14 Å². The fourth-order valence-corrected chi connectivity index (χ4v) is 3.36. The molecule has 24 heavy (non-hydrogen) atoms. The number of carbonyl (C=O) groups excluding carboxylic acids is 2. The van der Waals surface area contributed by atoms with E-state index in [0.29, 0.717) is 5.56 Å². The van der Waals surface area contributed by atoms with Crippen molar-refractivity contribution in [3.05, 3.63) is 29.8 Å². The van der Waals surface area contributed by atoms with Crippen LogP contribution in [0, 0.1) is 0 Å². The lowest BCUT2D eigenvalue weighted by molar-refractivity contribution is -0.146. The Kier molecular flexibility index (Phi) is 5.95. The van der Waals surface area contributed by atoms with E-state index < -0.39 is 21.8 Å². The maximum atomic E-state index is 12.2. The summed E-state index contributed by atoms with van der Waals surface area (Å²) in [7, 11) is -2.07. The lowest BCUT2D eigenvalue weighted by atomic mass is 9.94. The van der Waals surface area contributed by atoms with Gasteiger partial charge in [-0.25, -0.2) is 13.6 Å². The van der Waals surface area contributed by atoms with Crippen molar-refractivity contribution >= 4 is 21.8 Å². The topological polar surface area (TPSA) is 110 Å². The van der Waals surface area contributed by atoms with Crippen molar-refractivity contribution in [1.82, 2.24) is 10.2 Å². The van der Waals surface area contributed by atoms with Gasteiger partial charge in [-0.3, -0.25) is 9.59 Å². The maximum absolute atomic E-state index is 12.2. The molecule has 7 nitrogen and oxygen atoms in total. The highest BCUT2D eigenvalue weighted by molar-refractivity contribution is 7.89. The van der Waals surface area contributed by atoms with E-state index in [4.69, 9.17) is 5.14 Å². The first-order chi connectivity index (χ1) is 11.3. The molecule has 2 rings (SSSR count). The molecule has 0 aromatic heterocycles. The Morgan fingerprint density at radius 3 is 2.29 bits per heavy atom. The molecule has 0 saturated heterocycles. The molecule has 132 valence electrons. The minimum Gasteiger partial charge on any atom is -0.344 e. The number of benzene rings is 1. The third-order valence-corrected chi connectivity index (χ3v) is 5.27. The van der Waals surface area contributed by atoms with E-state index in [1.165, 1.54) is 23.5 Å². The van der Waals surface area contributed by atoms with Gasteiger partial charge in [-0.05, 0) is 30.5 Å². The van der Waals surface area contributed by atoms with Crippen molar-refractivity contribution in [1.29, 1.82) is 0 Å². The lowest BCUT2D eigenvalue weighted by Crippen LogP contribution is -2.46. The number of carbonyl (C=O) groups is 2. The van der Waals surface area contributed by atoms with E-state index in [-0.39, 0.29) is 17.5 Å². The van der Waals surface area contributed by atoms with Crippen LogP contribution in [-0.2, 0) is 26.2 Å². The summed E-state index contributed by atoms with van der Waals surface area (Å²) in [6.07, 6.45) is 5.22. The van der Waals surface area contributed by atoms with Gasteiger partial charge in [0.2, 0.25) is 10.0 Å². The number of primary sulfonamides is 1. The Labute approximate surface area is 142 Å². The number of amides is 2. The predicted molar refractivity (Wildman–Crippen MR) is 89.3 cm³/mol. The van der Waals surface area contributed by atoms with Crippen LogP contribution in [0.25, 0.3) is 0 Å². The number of nitrogens with two attached hydrogens (primary N) is 1. The van der Waals surface area contributed by atoms with Gasteiger partial charge in [-0.1, -0.05) is 31.4 Å². The molecule has 0 bridgehead atoms. The van der Waals surface area contributed by atoms with Crippen LogP contribution >= 0.6 is 0 Å². The zero-order valence-electron chi connectivity index (χ0n) is 13.7. The summed E-state index contributed by atoms with van der Waals surface area (Å²) in [6, 6.07) is 5.97. The number of hydrogen-bond donors (Lipinski definition) is 2. The summed E-state index contributed by atoms with van der Waals surface area (Å²) in [6.45, 7) is 0.147. The highest BCUT2D eigenvalue weighted by Gasteiger charge is 2.26. The molecule has 0 radical (unpaired) electrons. The van der Waals surface area contributed by atoms with Crippen LogP contribution in [0.1, 0.15) is 37.7 Å². The second-order valence-electron chi connectivity index (χ2n) is 6.08. The van der Waals surface area contributed by atoms with E-state index >= 15 is 0 Å². The monoisotopic (exact) mass is 353 g/mol. The van der Waals surface area contributed by atoms with Gasteiger partial charge in [0.15, 0.2) is 0 Å². The largest absolute Gasteiger partial charge is 0.344 e. The Morgan fingerprint density at radius 2 is 1.75 bits per heavy atom. The molecule has 8 heteroatoms. The Morgan fingerprint density at radius 1 is 1.17 bits per heavy atom. The van der Waals surface area contributed by atoms with Gasteiger partial charge >= 0.3 is 11.8 Å². The SMILES string of the molecule is CN(C(=O)C(=O)NCc1ccc(S(N)(=O)=O)cc1)C1CCCCC1. The van der Waals surface area contributed by atoms with Gasteiger partial charge < -0.3 is 10.2 Å². The first-order valence-corrected chi connectivity index (χ1v) is 9.50. The molecule has 3 N–H and O–H groups in total. The molecule has 1 aromatic rings. The van der Waals surface area contributed by atoms with Gasteiger partial charge in [0.1, 0.15) is 0 Å². The Bertz CT molecular complexity index is 695. The van der Waals surface area contributed by atoms with Crippen molar-refractivity contribution in [2.45, 2.75) is 49.6 Å². The second kappa shape index (κ2) is 7.76. The number of nitrogens with one attached hydrogen (secondary N) is 1. The van der Waals surface area contributed by atoms with Crippen LogP contribution in [0.3, 0.4) is 0 Å². The zero-order valence-corrected chi connectivity index (χ0v) is 14.5. The number of rotatable bonds is 4. The second-order valence-corrected chi connectivity index (χ2v) is 7.64. The smallest absolute Gasteiger partial charge is 0.311 e. The van der Waals surface area contributed by atoms with Crippen molar-refractivity contribution < 1.29 is 18.0 Å². The van der Waals surface area contributed by atoms with Gasteiger partial charge in [0, 0.05) is 19.6 Å². The Hall–Kier alpha value is -1.93. The highest BCUT2D eigenvalue weighted by atomic mass is 32.2. The standard InChI is InChI=1S/C16H23N3O4S/c1-19(13-5-3-2-4-6-13)16(21)15(20)18-11-12-7-9-14(10-8-12)24(17,22)23/h7-10,13H,2-6,11H2,1H3,(H,18,20)(H2,17,22,23). The van der Waals surface area contributed by atoms with E-state index in [1.54, 1.807) is 19.2 Å². The van der Waals surface area contributed by atoms with Crippen LogP contribution in [0.2, 0.25) is 0 Å². The minimum absolute atomic E-state index is 0.00526. The van der Waals surface area contributed by atoms with Crippen molar-refractivity contribution in [2.75, 3.05) is 7.05 Å². The van der Waals surface area contributed by atoms with Crippen molar-refractivity contribution in [3.63, 3.8) is 0 Å². The predicted octanol–water partition coefficient (Wildman–Crippen LogP) is 0.741. The average Bonchev–Trinajstić information content (AvgIpc) is 2.58. The summed E-state index contributed by atoms with van der Waals surface area (Å²) in [5.41, 5.74) is 0.684. The van der Waals surface area contributed by atoms with Gasteiger partial charge in [0.25, 0.3) is 0 Å². The molecule has 0 heterocycles. The first-order valence-electron chi connectivity index (χ1n) is 7.96. The van der Waals surface area contributed by atoms with E-state index in [9.17, 15) is 18.0 Å². The third kappa shape index (κ3) is 4.78. The maximum Gasteiger partial charge on any atom is 0.311 e. The van der Waals surface area contributed by atoms with Crippen LogP contribution in [-0.4, -0.2) is 38.2 Å². The lowest BCUT2D eigenvalue weighted by Gasteiger charge is -2.30. The molecular formula is C16H23N3O4S. The summed E-state index contributed by atoms with van der Waals surface area (Å²) in [4.78, 5) is 25.7.